The van der Waals surface area contributed by atoms with E-state index in [4.69, 9.17) is 18.9 Å². The van der Waals surface area contributed by atoms with Gasteiger partial charge in [-0.15, -0.1) is 0 Å². The number of rotatable bonds is 8. The van der Waals surface area contributed by atoms with Crippen LogP contribution in [-0.2, 0) is 20.7 Å². The molecule has 1 aromatic carbocycles. The van der Waals surface area contributed by atoms with E-state index >= 15 is 0 Å². The van der Waals surface area contributed by atoms with Gasteiger partial charge in [0.1, 0.15) is 0 Å². The van der Waals surface area contributed by atoms with Crippen LogP contribution in [0, 0.1) is 11.8 Å². The van der Waals surface area contributed by atoms with Crippen LogP contribution in [0.4, 0.5) is 0 Å². The molecule has 1 amide bonds. The van der Waals surface area contributed by atoms with Gasteiger partial charge in [-0.2, -0.15) is 0 Å². The highest BCUT2D eigenvalue weighted by Crippen LogP contribution is 2.43. The van der Waals surface area contributed by atoms with Gasteiger partial charge in [0.05, 0.1) is 33.4 Å². The standard InChI is InChI=1S/C20H27NO6/c1-11(22)14-9-17(26-4)16(25-3)7-12(14)8-18(23)21-19-13-5-6-27-20(13)15(19)10-24-2/h7,9,13,15,19-20H,5-6,8,10H2,1-4H3,(H,21,23)/t13-,15-,19-,20-/m0/s1. The molecule has 1 aliphatic heterocycles. The van der Waals surface area contributed by atoms with Gasteiger partial charge < -0.3 is 24.3 Å². The van der Waals surface area contributed by atoms with Gasteiger partial charge in [-0.25, -0.2) is 0 Å². The average molecular weight is 377 g/mol. The normalized spacial score (nSPS) is 26.1. The molecule has 0 aromatic heterocycles. The van der Waals surface area contributed by atoms with Crippen molar-refractivity contribution in [2.75, 3.05) is 34.5 Å². The Balaban J connectivity index is 1.74. The first-order chi connectivity index (χ1) is 13.0. The summed E-state index contributed by atoms with van der Waals surface area (Å²) in [5.41, 5.74) is 1.09. The monoisotopic (exact) mass is 377 g/mol. The average Bonchev–Trinajstić information content (AvgIpc) is 3.08. The van der Waals surface area contributed by atoms with Gasteiger partial charge in [0, 0.05) is 37.2 Å². The zero-order valence-corrected chi connectivity index (χ0v) is 16.2. The number of ketones is 1. The van der Waals surface area contributed by atoms with Crippen molar-refractivity contribution >= 4 is 11.7 Å². The first-order valence-electron chi connectivity index (χ1n) is 9.15. The predicted octanol–water partition coefficient (Wildman–Crippen LogP) is 1.61. The lowest BCUT2D eigenvalue weighted by molar-refractivity contribution is -0.129. The van der Waals surface area contributed by atoms with Crippen molar-refractivity contribution in [1.29, 1.82) is 0 Å². The van der Waals surface area contributed by atoms with E-state index in [0.717, 1.165) is 13.0 Å². The van der Waals surface area contributed by atoms with Gasteiger partial charge in [0.2, 0.25) is 5.91 Å². The molecular formula is C20H27NO6. The van der Waals surface area contributed by atoms with Crippen LogP contribution in [0.15, 0.2) is 12.1 Å². The third kappa shape index (κ3) is 3.80. The number of benzene rings is 1. The molecule has 2 aliphatic rings. The molecule has 7 heteroatoms. The van der Waals surface area contributed by atoms with E-state index < -0.39 is 0 Å². The third-order valence-corrected chi connectivity index (χ3v) is 5.55. The van der Waals surface area contributed by atoms with Crippen molar-refractivity contribution < 1.29 is 28.5 Å². The van der Waals surface area contributed by atoms with E-state index in [2.05, 4.69) is 5.32 Å². The Kier molecular flexibility index (Phi) is 6.01. The van der Waals surface area contributed by atoms with Crippen LogP contribution in [0.1, 0.15) is 29.3 Å². The number of nitrogens with one attached hydrogen (secondary N) is 1. The Morgan fingerprint density at radius 2 is 1.89 bits per heavy atom. The highest BCUT2D eigenvalue weighted by molar-refractivity contribution is 5.97. The second kappa shape index (κ2) is 8.27. The highest BCUT2D eigenvalue weighted by Gasteiger charge is 2.54. The summed E-state index contributed by atoms with van der Waals surface area (Å²) in [5.74, 6) is 1.23. The maximum Gasteiger partial charge on any atom is 0.224 e. The lowest BCUT2D eigenvalue weighted by Gasteiger charge is -2.47. The maximum absolute atomic E-state index is 12.7. The van der Waals surface area contributed by atoms with Gasteiger partial charge in [-0.1, -0.05) is 0 Å². The summed E-state index contributed by atoms with van der Waals surface area (Å²) >= 11 is 0. The van der Waals surface area contributed by atoms with Crippen LogP contribution in [0.3, 0.4) is 0 Å². The van der Waals surface area contributed by atoms with Crippen molar-refractivity contribution in [3.05, 3.63) is 23.3 Å². The molecule has 148 valence electrons. The largest absolute Gasteiger partial charge is 0.493 e. The lowest BCUT2D eigenvalue weighted by Crippen LogP contribution is -2.63. The minimum atomic E-state index is -0.124. The first kappa shape index (κ1) is 19.6. The molecule has 1 N–H and O–H groups in total. The summed E-state index contributed by atoms with van der Waals surface area (Å²) in [6.45, 7) is 2.76. The smallest absolute Gasteiger partial charge is 0.224 e. The Bertz CT molecular complexity index is 719. The SMILES string of the molecule is COC[C@H]1[C@@H](NC(=O)Cc2cc(OC)c(OC)cc2C(C)=O)[C@@H]2CCO[C@@H]21. The summed E-state index contributed by atoms with van der Waals surface area (Å²) in [4.78, 5) is 24.7. The molecule has 0 spiro atoms. The minimum absolute atomic E-state index is 0.0471. The lowest BCUT2D eigenvalue weighted by atomic mass is 9.67. The summed E-state index contributed by atoms with van der Waals surface area (Å²) in [7, 11) is 4.70. The number of hydrogen-bond acceptors (Lipinski definition) is 6. The van der Waals surface area contributed by atoms with Crippen LogP contribution < -0.4 is 14.8 Å². The minimum Gasteiger partial charge on any atom is -0.493 e. The number of hydrogen-bond donors (Lipinski definition) is 1. The summed E-state index contributed by atoms with van der Waals surface area (Å²) in [6.07, 6.45) is 1.22. The molecular weight excluding hydrogens is 350 g/mol. The second-order valence-corrected chi connectivity index (χ2v) is 7.10. The third-order valence-electron chi connectivity index (χ3n) is 5.55. The molecule has 27 heavy (non-hydrogen) atoms. The number of carbonyl (C=O) groups excluding carboxylic acids is 2. The molecule has 1 saturated heterocycles. The van der Waals surface area contributed by atoms with Gasteiger partial charge in [0.15, 0.2) is 17.3 Å². The highest BCUT2D eigenvalue weighted by atomic mass is 16.5. The number of Topliss-reactive ketones (excluding diaryl/α,β-unsaturated/α-hetero) is 1. The fourth-order valence-corrected chi connectivity index (χ4v) is 4.24. The van der Waals surface area contributed by atoms with E-state index in [1.807, 2.05) is 0 Å². The van der Waals surface area contributed by atoms with Gasteiger partial charge in [-0.05, 0) is 31.0 Å². The maximum atomic E-state index is 12.7. The number of carbonyl (C=O) groups is 2. The van der Waals surface area contributed by atoms with Crippen LogP contribution in [0.5, 0.6) is 11.5 Å². The molecule has 1 aromatic rings. The van der Waals surface area contributed by atoms with Crippen LogP contribution >= 0.6 is 0 Å². The Hall–Kier alpha value is -2.12. The van der Waals surface area contributed by atoms with Crippen LogP contribution in [-0.4, -0.2) is 58.4 Å². The molecule has 0 radical (unpaired) electrons. The van der Waals surface area contributed by atoms with Gasteiger partial charge in [0.25, 0.3) is 0 Å². The number of amides is 1. The van der Waals surface area contributed by atoms with Crippen LogP contribution in [0.25, 0.3) is 0 Å². The molecule has 0 unspecified atom stereocenters. The fourth-order valence-electron chi connectivity index (χ4n) is 4.24. The van der Waals surface area contributed by atoms with Gasteiger partial charge in [-0.3, -0.25) is 9.59 Å². The zero-order valence-electron chi connectivity index (χ0n) is 16.2. The molecule has 0 bridgehead atoms. The topological polar surface area (TPSA) is 83.1 Å². The molecule has 3 rings (SSSR count). The van der Waals surface area contributed by atoms with E-state index in [1.54, 1.807) is 19.2 Å². The van der Waals surface area contributed by atoms with E-state index in [9.17, 15) is 9.59 Å². The van der Waals surface area contributed by atoms with Crippen molar-refractivity contribution in [3.8, 4) is 11.5 Å². The zero-order chi connectivity index (χ0) is 19.6. The second-order valence-electron chi connectivity index (χ2n) is 7.10. The molecule has 4 atom stereocenters. The fraction of sp³-hybridized carbons (Fsp3) is 0.600. The van der Waals surface area contributed by atoms with E-state index in [-0.39, 0.29) is 36.2 Å². The Labute approximate surface area is 159 Å². The Morgan fingerprint density at radius 3 is 2.52 bits per heavy atom. The molecule has 2 fully saturated rings. The molecule has 7 nitrogen and oxygen atoms in total. The predicted molar refractivity (Wildman–Crippen MR) is 98.4 cm³/mol. The molecule has 1 aliphatic carbocycles. The van der Waals surface area contributed by atoms with Gasteiger partial charge >= 0.3 is 0 Å². The van der Waals surface area contributed by atoms with Crippen molar-refractivity contribution in [3.63, 3.8) is 0 Å². The summed E-state index contributed by atoms with van der Waals surface area (Å²) < 4.78 is 21.6. The van der Waals surface area contributed by atoms with Crippen molar-refractivity contribution in [1.82, 2.24) is 5.32 Å². The van der Waals surface area contributed by atoms with Crippen molar-refractivity contribution in [2.45, 2.75) is 31.9 Å². The summed E-state index contributed by atoms with van der Waals surface area (Å²) in [5, 5.41) is 3.12. The number of fused-ring (bicyclic) bond motifs is 1. The van der Waals surface area contributed by atoms with E-state index in [0.29, 0.717) is 35.2 Å². The summed E-state index contributed by atoms with van der Waals surface area (Å²) in [6, 6.07) is 3.37. The number of ether oxygens (including phenoxy) is 4. The Morgan fingerprint density at radius 1 is 1.19 bits per heavy atom. The molecule has 1 saturated carbocycles. The van der Waals surface area contributed by atoms with Crippen molar-refractivity contribution in [2.24, 2.45) is 11.8 Å². The number of methoxy groups -OCH3 is 3. The van der Waals surface area contributed by atoms with Crippen LogP contribution in [0.2, 0.25) is 0 Å². The first-order valence-corrected chi connectivity index (χ1v) is 9.15. The quantitative estimate of drug-likeness (QED) is 0.693. The molecule has 1 heterocycles. The van der Waals surface area contributed by atoms with E-state index in [1.165, 1.54) is 21.1 Å².